The van der Waals surface area contributed by atoms with Gasteiger partial charge in [-0.05, 0) is 18.2 Å². The summed E-state index contributed by atoms with van der Waals surface area (Å²) in [4.78, 5) is 33.2. The number of benzene rings is 1. The van der Waals surface area contributed by atoms with Crippen LogP contribution in [-0.4, -0.2) is 62.4 Å². The summed E-state index contributed by atoms with van der Waals surface area (Å²) in [6.45, 7) is 5.08. The second-order valence-corrected chi connectivity index (χ2v) is 7.96. The molecule has 8 nitrogen and oxygen atoms in total. The molecule has 154 valence electrons. The van der Waals surface area contributed by atoms with Gasteiger partial charge in [-0.15, -0.1) is 11.3 Å². The molecule has 2 aliphatic heterocycles. The van der Waals surface area contributed by atoms with Gasteiger partial charge in [-0.25, -0.2) is 19.0 Å². The minimum Gasteiger partial charge on any atom is -0.438 e. The average molecular weight is 420 g/mol. The first-order chi connectivity index (χ1) is 14.0. The maximum absolute atomic E-state index is 14.8. The summed E-state index contributed by atoms with van der Waals surface area (Å²) in [5.41, 5.74) is 0.990. The second-order valence-electron chi connectivity index (χ2n) is 7.09. The van der Waals surface area contributed by atoms with Crippen molar-refractivity contribution in [2.75, 3.05) is 54.0 Å². The molecule has 0 radical (unpaired) electrons. The summed E-state index contributed by atoms with van der Waals surface area (Å²) in [5, 5.41) is 4.44. The highest BCUT2D eigenvalue weighted by Crippen LogP contribution is 2.29. The number of cyclic esters (lactones) is 1. The fourth-order valence-electron chi connectivity index (χ4n) is 3.58. The first kappa shape index (κ1) is 19.6. The monoisotopic (exact) mass is 420 g/mol. The van der Waals surface area contributed by atoms with Gasteiger partial charge < -0.3 is 14.5 Å². The molecular formula is C19H23FN5O3S+. The number of hydrogen-bond donors (Lipinski definition) is 1. The van der Waals surface area contributed by atoms with E-state index in [2.05, 4.69) is 9.88 Å². The van der Waals surface area contributed by atoms with Crippen molar-refractivity contribution in [1.29, 1.82) is 0 Å². The van der Waals surface area contributed by atoms with E-state index in [-0.39, 0.29) is 11.7 Å². The molecular weight excluding hydrogens is 397 g/mol. The number of rotatable bonds is 5. The Morgan fingerprint density at radius 1 is 1.31 bits per heavy atom. The Morgan fingerprint density at radius 3 is 2.72 bits per heavy atom. The van der Waals surface area contributed by atoms with Gasteiger partial charge >= 0.3 is 12.0 Å². The molecule has 0 saturated carbocycles. The van der Waals surface area contributed by atoms with Crippen molar-refractivity contribution >= 4 is 39.8 Å². The number of amides is 2. The maximum atomic E-state index is 14.8. The number of aromatic nitrogens is 1. The number of halogens is 1. The van der Waals surface area contributed by atoms with E-state index in [9.17, 15) is 14.0 Å². The predicted octanol–water partition coefficient (Wildman–Crippen LogP) is 1.04. The van der Waals surface area contributed by atoms with Crippen LogP contribution >= 0.6 is 11.3 Å². The Bertz CT molecular complexity index is 886. The van der Waals surface area contributed by atoms with E-state index in [1.54, 1.807) is 29.7 Å². The average Bonchev–Trinajstić information content (AvgIpc) is 3.36. The molecule has 2 amide bonds. The van der Waals surface area contributed by atoms with Crippen molar-refractivity contribution in [3.05, 3.63) is 35.6 Å². The Hall–Kier alpha value is -2.72. The number of primary amides is 1. The van der Waals surface area contributed by atoms with Crippen molar-refractivity contribution in [3.63, 3.8) is 0 Å². The van der Waals surface area contributed by atoms with Crippen LogP contribution in [0.3, 0.4) is 0 Å². The third kappa shape index (κ3) is 4.33. The zero-order chi connectivity index (χ0) is 20.4. The number of ether oxygens (including phenoxy) is 1. The molecule has 4 rings (SSSR count). The molecule has 0 unspecified atom stereocenters. The molecule has 10 heteroatoms. The quantitative estimate of drug-likeness (QED) is 0.779. The summed E-state index contributed by atoms with van der Waals surface area (Å²) >= 11 is 1.60. The van der Waals surface area contributed by atoms with E-state index < -0.39 is 12.2 Å². The molecule has 2 aromatic rings. The van der Waals surface area contributed by atoms with E-state index in [0.29, 0.717) is 37.6 Å². The molecule has 0 bridgehead atoms. The topological polar surface area (TPSA) is 82.6 Å². The lowest BCUT2D eigenvalue weighted by Crippen LogP contribution is -2.89. The van der Waals surface area contributed by atoms with Gasteiger partial charge in [0.1, 0.15) is 12.4 Å². The largest absolute Gasteiger partial charge is 0.438 e. The molecule has 1 aromatic carbocycles. The Kier molecular flexibility index (Phi) is 5.63. The summed E-state index contributed by atoms with van der Waals surface area (Å²) in [6.07, 6.45) is 0.876. The van der Waals surface area contributed by atoms with Gasteiger partial charge in [0, 0.05) is 37.8 Å². The maximum Gasteiger partial charge on any atom is 0.414 e. The number of thiazole rings is 1. The highest BCUT2D eigenvalue weighted by Gasteiger charge is 2.34. The van der Waals surface area contributed by atoms with Gasteiger partial charge in [-0.3, -0.25) is 10.2 Å². The predicted molar refractivity (Wildman–Crippen MR) is 108 cm³/mol. The van der Waals surface area contributed by atoms with Crippen LogP contribution in [-0.2, 0) is 9.53 Å². The molecule has 0 spiro atoms. The Balaban J connectivity index is 1.39. The van der Waals surface area contributed by atoms with E-state index in [1.165, 1.54) is 23.2 Å². The number of carbonyl (C=O) groups excluding carboxylic acids is 2. The van der Waals surface area contributed by atoms with Crippen LogP contribution in [0.25, 0.3) is 0 Å². The van der Waals surface area contributed by atoms with Crippen LogP contribution in [0.15, 0.2) is 29.8 Å². The molecule has 0 aliphatic carbocycles. The van der Waals surface area contributed by atoms with E-state index >= 15 is 0 Å². The highest BCUT2D eigenvalue weighted by molar-refractivity contribution is 7.13. The molecule has 3 heterocycles. The van der Waals surface area contributed by atoms with Crippen molar-refractivity contribution in [2.45, 2.75) is 13.0 Å². The van der Waals surface area contributed by atoms with Gasteiger partial charge in [-0.2, -0.15) is 0 Å². The third-order valence-corrected chi connectivity index (χ3v) is 5.93. The smallest absolute Gasteiger partial charge is 0.414 e. The molecule has 1 atom stereocenters. The lowest BCUT2D eigenvalue weighted by Gasteiger charge is -2.36. The minimum absolute atomic E-state index is 0.0650. The Labute approximate surface area is 171 Å². The number of quaternary nitrogens is 1. The van der Waals surface area contributed by atoms with Crippen molar-refractivity contribution in [3.8, 4) is 0 Å². The number of nitrogens with two attached hydrogens (primary N) is 1. The van der Waals surface area contributed by atoms with E-state index in [4.69, 9.17) is 4.74 Å². The number of carbonyl (C=O) groups is 2. The van der Waals surface area contributed by atoms with Crippen molar-refractivity contribution in [1.82, 2.24) is 4.98 Å². The Morgan fingerprint density at radius 2 is 2.07 bits per heavy atom. The van der Waals surface area contributed by atoms with Gasteiger partial charge in [0.15, 0.2) is 11.2 Å². The number of piperazine rings is 1. The zero-order valence-corrected chi connectivity index (χ0v) is 16.9. The third-order valence-electron chi connectivity index (χ3n) is 5.10. The van der Waals surface area contributed by atoms with Crippen molar-refractivity contribution in [2.24, 2.45) is 0 Å². The van der Waals surface area contributed by atoms with Crippen LogP contribution in [0, 0.1) is 5.82 Å². The lowest BCUT2D eigenvalue weighted by atomic mass is 10.2. The van der Waals surface area contributed by atoms with E-state index in [1.807, 2.05) is 10.3 Å². The molecule has 1 aromatic heterocycles. The minimum atomic E-state index is -0.517. The number of hydrogen-bond acceptors (Lipinski definition) is 7. The molecule has 2 saturated heterocycles. The SMILES string of the molecule is CC(=O)[NH2+]C[C@H]1CN(c2ccc(N3CCN(c4nccs4)CC3)c(F)c2)C(=O)O1. The van der Waals surface area contributed by atoms with Crippen LogP contribution in [0.5, 0.6) is 0 Å². The molecule has 29 heavy (non-hydrogen) atoms. The molecule has 2 aliphatic rings. The fraction of sp³-hybridized carbons (Fsp3) is 0.421. The number of nitrogens with zero attached hydrogens (tertiary/aromatic N) is 4. The summed E-state index contributed by atoms with van der Waals surface area (Å²) in [7, 11) is 0. The fourth-order valence-corrected chi connectivity index (χ4v) is 4.28. The van der Waals surface area contributed by atoms with Crippen LogP contribution < -0.4 is 20.0 Å². The molecule has 2 N–H and O–H groups in total. The van der Waals surface area contributed by atoms with Gasteiger partial charge in [0.2, 0.25) is 0 Å². The first-order valence-corrected chi connectivity index (χ1v) is 10.4. The first-order valence-electron chi connectivity index (χ1n) is 9.52. The van der Waals surface area contributed by atoms with E-state index in [0.717, 1.165) is 18.2 Å². The van der Waals surface area contributed by atoms with Crippen LogP contribution in [0.2, 0.25) is 0 Å². The van der Waals surface area contributed by atoms with Crippen LogP contribution in [0.1, 0.15) is 6.92 Å². The van der Waals surface area contributed by atoms with Gasteiger partial charge in [-0.1, -0.05) is 0 Å². The van der Waals surface area contributed by atoms with Gasteiger partial charge in [0.25, 0.3) is 0 Å². The summed E-state index contributed by atoms with van der Waals surface area (Å²) in [5.74, 6) is -0.429. The lowest BCUT2D eigenvalue weighted by molar-refractivity contribution is -0.573. The summed E-state index contributed by atoms with van der Waals surface area (Å²) < 4.78 is 20.1. The molecule has 2 fully saturated rings. The van der Waals surface area contributed by atoms with Gasteiger partial charge in [0.05, 0.1) is 24.8 Å². The second kappa shape index (κ2) is 8.34. The zero-order valence-electron chi connectivity index (χ0n) is 16.1. The summed E-state index contributed by atoms with van der Waals surface area (Å²) in [6, 6.07) is 4.83. The number of anilines is 3. The highest BCUT2D eigenvalue weighted by atomic mass is 32.1. The van der Waals surface area contributed by atoms with Crippen molar-refractivity contribution < 1.29 is 24.0 Å². The van der Waals surface area contributed by atoms with Crippen LogP contribution in [0.4, 0.5) is 25.7 Å². The normalized spacial score (nSPS) is 19.6. The standard InChI is InChI=1S/C19H22FN5O3S/c1-13(26)22-11-15-12-25(19(27)28-15)14-2-3-17(16(20)10-14)23-5-7-24(8-6-23)18-21-4-9-29-18/h2-4,9-10,15H,5-8,11-12H2,1H3,(H,22,26)/p+1/t15-/m0/s1.